The molecule has 2 unspecified atom stereocenters. The van der Waals surface area contributed by atoms with Crippen LogP contribution in [0.2, 0.25) is 0 Å². The van der Waals surface area contributed by atoms with Gasteiger partial charge in [-0.05, 0) is 17.7 Å². The molecule has 0 fully saturated rings. The second kappa shape index (κ2) is 5.07. The molecule has 0 amide bonds. The van der Waals surface area contributed by atoms with Crippen molar-refractivity contribution in [3.63, 3.8) is 0 Å². The summed E-state index contributed by atoms with van der Waals surface area (Å²) in [5.41, 5.74) is -0.633. The van der Waals surface area contributed by atoms with Gasteiger partial charge in [-0.15, -0.1) is 0 Å². The molecular weight excluding hydrogens is 253 g/mol. The maximum absolute atomic E-state index is 12.9. The van der Waals surface area contributed by atoms with Crippen molar-refractivity contribution in [3.8, 4) is 0 Å². The molecule has 0 aliphatic heterocycles. The fourth-order valence-electron chi connectivity index (χ4n) is 1.76. The Morgan fingerprint density at radius 2 is 2.11 bits per heavy atom. The number of hydrogen-bond acceptors (Lipinski definition) is 4. The lowest BCUT2D eigenvalue weighted by atomic mass is 9.90. The fourth-order valence-corrected chi connectivity index (χ4v) is 2.00. The molecule has 0 radical (unpaired) electrons. The van der Waals surface area contributed by atoms with Crippen LogP contribution >= 0.6 is 12.6 Å². The Bertz CT molecular complexity index is 501. The molecule has 1 heterocycles. The lowest BCUT2D eigenvalue weighted by Gasteiger charge is -2.31. The quantitative estimate of drug-likeness (QED) is 0.828. The van der Waals surface area contributed by atoms with Crippen LogP contribution in [0, 0.1) is 5.82 Å². The van der Waals surface area contributed by atoms with E-state index in [-0.39, 0.29) is 17.6 Å². The van der Waals surface area contributed by atoms with Crippen molar-refractivity contribution < 1.29 is 9.50 Å². The smallest absolute Gasteiger partial charge is 0.137 e. The molecule has 0 aliphatic rings. The van der Waals surface area contributed by atoms with Gasteiger partial charge in [-0.25, -0.2) is 14.1 Å². The van der Waals surface area contributed by atoms with Crippen molar-refractivity contribution in [1.29, 1.82) is 0 Å². The highest BCUT2D eigenvalue weighted by Crippen LogP contribution is 2.30. The highest BCUT2D eigenvalue weighted by atomic mass is 32.1. The third kappa shape index (κ3) is 2.54. The minimum Gasteiger partial charge on any atom is -0.382 e. The Morgan fingerprint density at radius 3 is 2.61 bits per heavy atom. The molecule has 1 aromatic heterocycles. The summed E-state index contributed by atoms with van der Waals surface area (Å²) < 4.78 is 14.4. The molecule has 0 spiro atoms. The summed E-state index contributed by atoms with van der Waals surface area (Å²) in [6.07, 6.45) is 2.92. The van der Waals surface area contributed by atoms with Crippen LogP contribution < -0.4 is 0 Å². The average molecular weight is 267 g/mol. The third-order valence-corrected chi connectivity index (χ3v) is 3.33. The molecular formula is C12H14FN3OS. The van der Waals surface area contributed by atoms with E-state index in [1.807, 2.05) is 0 Å². The van der Waals surface area contributed by atoms with Gasteiger partial charge in [0.05, 0.1) is 6.54 Å². The number of halogens is 1. The van der Waals surface area contributed by atoms with Crippen LogP contribution in [0.3, 0.4) is 0 Å². The Kier molecular flexibility index (Phi) is 3.68. The zero-order chi connectivity index (χ0) is 13.2. The van der Waals surface area contributed by atoms with E-state index in [4.69, 9.17) is 0 Å². The Hall–Kier alpha value is -1.40. The van der Waals surface area contributed by atoms with Gasteiger partial charge < -0.3 is 5.11 Å². The van der Waals surface area contributed by atoms with Crippen molar-refractivity contribution in [3.05, 3.63) is 48.3 Å². The first-order chi connectivity index (χ1) is 8.52. The lowest BCUT2D eigenvalue weighted by molar-refractivity contribution is 0.0172. The number of aliphatic hydroxyl groups is 1. The number of nitrogens with zero attached hydrogens (tertiary/aromatic N) is 3. The highest BCUT2D eigenvalue weighted by Gasteiger charge is 2.34. The number of aromatic nitrogens is 3. The second-order valence-electron chi connectivity index (χ2n) is 4.20. The largest absolute Gasteiger partial charge is 0.382 e. The van der Waals surface area contributed by atoms with Crippen molar-refractivity contribution in [2.45, 2.75) is 24.3 Å². The first-order valence-electron chi connectivity index (χ1n) is 5.51. The molecule has 96 valence electrons. The van der Waals surface area contributed by atoms with Crippen molar-refractivity contribution in [2.75, 3.05) is 0 Å². The van der Waals surface area contributed by atoms with E-state index in [0.29, 0.717) is 5.56 Å². The van der Waals surface area contributed by atoms with Crippen molar-refractivity contribution >= 4 is 12.6 Å². The predicted molar refractivity (Wildman–Crippen MR) is 68.8 cm³/mol. The Balaban J connectivity index is 2.34. The van der Waals surface area contributed by atoms with E-state index >= 15 is 0 Å². The van der Waals surface area contributed by atoms with E-state index < -0.39 is 5.60 Å². The van der Waals surface area contributed by atoms with Crippen LogP contribution in [0.1, 0.15) is 12.5 Å². The zero-order valence-electron chi connectivity index (χ0n) is 9.86. The summed E-state index contributed by atoms with van der Waals surface area (Å²) in [5, 5.41) is 14.4. The SMILES string of the molecule is CC(S)C(O)(Cn1cncn1)c1ccc(F)cc1. The molecule has 2 aromatic rings. The molecule has 1 aromatic carbocycles. The minimum atomic E-state index is -1.23. The molecule has 2 atom stereocenters. The van der Waals surface area contributed by atoms with E-state index in [1.165, 1.54) is 29.5 Å². The zero-order valence-corrected chi connectivity index (χ0v) is 10.8. The van der Waals surface area contributed by atoms with Crippen LogP contribution in [-0.2, 0) is 12.1 Å². The van der Waals surface area contributed by atoms with Gasteiger partial charge in [0, 0.05) is 5.25 Å². The van der Waals surface area contributed by atoms with Gasteiger partial charge in [0.25, 0.3) is 0 Å². The van der Waals surface area contributed by atoms with Gasteiger partial charge in [-0.3, -0.25) is 0 Å². The summed E-state index contributed by atoms with van der Waals surface area (Å²) in [6, 6.07) is 5.74. The van der Waals surface area contributed by atoms with Gasteiger partial charge in [0.1, 0.15) is 24.1 Å². The normalized spacial score (nSPS) is 16.2. The fraction of sp³-hybridized carbons (Fsp3) is 0.333. The van der Waals surface area contributed by atoms with Crippen LogP contribution in [0.5, 0.6) is 0 Å². The van der Waals surface area contributed by atoms with E-state index in [2.05, 4.69) is 22.7 Å². The summed E-state index contributed by atoms with van der Waals surface area (Å²) in [4.78, 5) is 3.83. The predicted octanol–water partition coefficient (Wildman–Crippen LogP) is 1.62. The Labute approximate surface area is 110 Å². The monoisotopic (exact) mass is 267 g/mol. The van der Waals surface area contributed by atoms with Gasteiger partial charge >= 0.3 is 0 Å². The lowest BCUT2D eigenvalue weighted by Crippen LogP contribution is -2.39. The molecule has 6 heteroatoms. The Morgan fingerprint density at radius 1 is 1.44 bits per heavy atom. The number of rotatable bonds is 4. The topological polar surface area (TPSA) is 50.9 Å². The van der Waals surface area contributed by atoms with Gasteiger partial charge in [-0.2, -0.15) is 17.7 Å². The molecule has 0 saturated carbocycles. The first-order valence-corrected chi connectivity index (χ1v) is 6.03. The molecule has 0 aliphatic carbocycles. The average Bonchev–Trinajstić information content (AvgIpc) is 2.82. The first kappa shape index (κ1) is 13.0. The molecule has 4 nitrogen and oxygen atoms in total. The molecule has 0 saturated heterocycles. The maximum Gasteiger partial charge on any atom is 0.137 e. The number of hydrogen-bond donors (Lipinski definition) is 2. The van der Waals surface area contributed by atoms with Crippen LogP contribution in [0.25, 0.3) is 0 Å². The maximum atomic E-state index is 12.9. The van der Waals surface area contributed by atoms with Gasteiger partial charge in [-0.1, -0.05) is 19.1 Å². The number of thiol groups is 1. The highest BCUT2D eigenvalue weighted by molar-refractivity contribution is 7.81. The minimum absolute atomic E-state index is 0.212. The molecule has 2 rings (SSSR count). The molecule has 18 heavy (non-hydrogen) atoms. The van der Waals surface area contributed by atoms with Crippen LogP contribution in [0.4, 0.5) is 4.39 Å². The summed E-state index contributed by atoms with van der Waals surface area (Å²) >= 11 is 4.32. The van der Waals surface area contributed by atoms with Crippen molar-refractivity contribution in [2.24, 2.45) is 0 Å². The molecule has 1 N–H and O–H groups in total. The van der Waals surface area contributed by atoms with E-state index in [1.54, 1.807) is 19.1 Å². The second-order valence-corrected chi connectivity index (χ2v) is 4.97. The summed E-state index contributed by atoms with van der Waals surface area (Å²) in [7, 11) is 0. The van der Waals surface area contributed by atoms with Crippen LogP contribution in [-0.4, -0.2) is 25.1 Å². The van der Waals surface area contributed by atoms with Crippen LogP contribution in [0.15, 0.2) is 36.9 Å². The van der Waals surface area contributed by atoms with E-state index in [9.17, 15) is 9.50 Å². The third-order valence-electron chi connectivity index (χ3n) is 2.90. The van der Waals surface area contributed by atoms with Crippen molar-refractivity contribution in [1.82, 2.24) is 14.8 Å². The van der Waals surface area contributed by atoms with E-state index in [0.717, 1.165) is 0 Å². The summed E-state index contributed by atoms with van der Waals surface area (Å²) in [5.74, 6) is -0.339. The van der Waals surface area contributed by atoms with Gasteiger partial charge in [0.2, 0.25) is 0 Å². The number of benzene rings is 1. The molecule has 0 bridgehead atoms. The van der Waals surface area contributed by atoms with Gasteiger partial charge in [0.15, 0.2) is 0 Å². The standard InChI is InChI=1S/C12H14FN3OS/c1-9(18)12(17,6-16-8-14-7-15-16)10-2-4-11(13)5-3-10/h2-5,7-9,17-18H,6H2,1H3. The summed E-state index contributed by atoms with van der Waals surface area (Å²) in [6.45, 7) is 1.99.